The van der Waals surface area contributed by atoms with E-state index in [0.29, 0.717) is 6.42 Å². The highest BCUT2D eigenvalue weighted by Gasteiger charge is 2.27. The van der Waals surface area contributed by atoms with Gasteiger partial charge in [0.1, 0.15) is 5.82 Å². The van der Waals surface area contributed by atoms with Gasteiger partial charge in [-0.25, -0.2) is 4.39 Å². The van der Waals surface area contributed by atoms with Crippen molar-refractivity contribution in [3.63, 3.8) is 0 Å². The van der Waals surface area contributed by atoms with Crippen molar-refractivity contribution in [1.82, 2.24) is 5.32 Å². The van der Waals surface area contributed by atoms with E-state index in [2.05, 4.69) is 5.32 Å². The number of hydrogen-bond donors (Lipinski definition) is 2. The molecular weight excluding hydrogens is 219 g/mol. The van der Waals surface area contributed by atoms with Gasteiger partial charge in [0.25, 0.3) is 0 Å². The van der Waals surface area contributed by atoms with Gasteiger partial charge in [-0.1, -0.05) is 19.1 Å². The van der Waals surface area contributed by atoms with E-state index in [1.54, 1.807) is 26.0 Å². The fraction of sp³-hybridized carbons (Fsp3) is 0.462. The van der Waals surface area contributed by atoms with E-state index in [9.17, 15) is 9.18 Å². The van der Waals surface area contributed by atoms with Crippen molar-refractivity contribution in [2.24, 2.45) is 5.73 Å². The van der Waals surface area contributed by atoms with Crippen molar-refractivity contribution in [1.29, 1.82) is 0 Å². The molecule has 94 valence electrons. The maximum absolute atomic E-state index is 13.0. The van der Waals surface area contributed by atoms with Crippen molar-refractivity contribution in [2.75, 3.05) is 0 Å². The van der Waals surface area contributed by atoms with Crippen LogP contribution in [-0.2, 0) is 4.79 Å². The van der Waals surface area contributed by atoms with Gasteiger partial charge in [0.15, 0.2) is 0 Å². The zero-order valence-electron chi connectivity index (χ0n) is 10.5. The summed E-state index contributed by atoms with van der Waals surface area (Å²) in [6, 6.07) is 5.91. The normalized spacial score (nSPS) is 16.1. The molecular formula is C13H19FN2O. The van der Waals surface area contributed by atoms with E-state index in [4.69, 9.17) is 5.73 Å². The van der Waals surface area contributed by atoms with Crippen molar-refractivity contribution >= 4 is 5.91 Å². The minimum atomic E-state index is -0.887. The number of nitrogens with one attached hydrogen (secondary N) is 1. The smallest absolute Gasteiger partial charge is 0.240 e. The molecule has 3 N–H and O–H groups in total. The Bertz CT molecular complexity index is 404. The van der Waals surface area contributed by atoms with Gasteiger partial charge < -0.3 is 11.1 Å². The van der Waals surface area contributed by atoms with Gasteiger partial charge in [-0.3, -0.25) is 4.79 Å². The maximum Gasteiger partial charge on any atom is 0.240 e. The van der Waals surface area contributed by atoms with Crippen molar-refractivity contribution in [3.8, 4) is 0 Å². The summed E-state index contributed by atoms with van der Waals surface area (Å²) < 4.78 is 13.0. The first kappa shape index (κ1) is 13.6. The van der Waals surface area contributed by atoms with Gasteiger partial charge >= 0.3 is 0 Å². The Balaban J connectivity index is 2.73. The highest BCUT2D eigenvalue weighted by atomic mass is 19.1. The van der Waals surface area contributed by atoms with E-state index in [0.717, 1.165) is 5.56 Å². The summed E-state index contributed by atoms with van der Waals surface area (Å²) in [5.41, 5.74) is 5.67. The van der Waals surface area contributed by atoms with Crippen LogP contribution in [0.2, 0.25) is 0 Å². The molecule has 4 heteroatoms. The molecule has 0 saturated carbocycles. The van der Waals surface area contributed by atoms with Crippen LogP contribution in [0.5, 0.6) is 0 Å². The van der Waals surface area contributed by atoms with Crippen molar-refractivity contribution in [2.45, 2.75) is 38.8 Å². The number of carbonyl (C=O) groups is 1. The number of halogens is 1. The third-order valence-electron chi connectivity index (χ3n) is 2.95. The topological polar surface area (TPSA) is 55.1 Å². The number of carbonyl (C=O) groups excluding carboxylic acids is 1. The Kier molecular flexibility index (Phi) is 4.23. The standard InChI is InChI=1S/C13H19FN2O/c1-4-13(3,15)12(17)16-9(2)10-6-5-7-11(14)8-10/h5-9H,4,15H2,1-3H3,(H,16,17)/t9-,13?/m0/s1. The summed E-state index contributed by atoms with van der Waals surface area (Å²) in [5, 5.41) is 2.78. The lowest BCUT2D eigenvalue weighted by atomic mass is 9.98. The minimum Gasteiger partial charge on any atom is -0.348 e. The molecule has 1 rings (SSSR count). The molecule has 0 aliphatic rings. The third-order valence-corrected chi connectivity index (χ3v) is 2.95. The van der Waals surface area contributed by atoms with Gasteiger partial charge in [0, 0.05) is 0 Å². The molecule has 1 unspecified atom stereocenters. The molecule has 0 aliphatic carbocycles. The molecule has 0 aromatic heterocycles. The van der Waals surface area contributed by atoms with Gasteiger partial charge in [-0.15, -0.1) is 0 Å². The molecule has 0 saturated heterocycles. The first-order valence-electron chi connectivity index (χ1n) is 5.72. The Morgan fingerprint density at radius 2 is 2.24 bits per heavy atom. The average Bonchev–Trinajstić information content (AvgIpc) is 2.28. The Morgan fingerprint density at radius 3 is 2.76 bits per heavy atom. The van der Waals surface area contributed by atoms with Gasteiger partial charge in [0.2, 0.25) is 5.91 Å². The van der Waals surface area contributed by atoms with Crippen molar-refractivity contribution < 1.29 is 9.18 Å². The monoisotopic (exact) mass is 238 g/mol. The first-order valence-corrected chi connectivity index (χ1v) is 5.72. The molecule has 0 spiro atoms. The van der Waals surface area contributed by atoms with E-state index < -0.39 is 5.54 Å². The van der Waals surface area contributed by atoms with Crippen molar-refractivity contribution in [3.05, 3.63) is 35.6 Å². The number of amides is 1. The van der Waals surface area contributed by atoms with Gasteiger partial charge in [0.05, 0.1) is 11.6 Å². The van der Waals surface area contributed by atoms with Crippen LogP contribution in [0.15, 0.2) is 24.3 Å². The molecule has 17 heavy (non-hydrogen) atoms. The molecule has 0 aliphatic heterocycles. The summed E-state index contributed by atoms with van der Waals surface area (Å²) >= 11 is 0. The zero-order valence-corrected chi connectivity index (χ0v) is 10.5. The van der Waals surface area contributed by atoms with E-state index in [-0.39, 0.29) is 17.8 Å². The van der Waals surface area contributed by atoms with Crippen LogP contribution in [0, 0.1) is 5.82 Å². The van der Waals surface area contributed by atoms with Gasteiger partial charge in [-0.05, 0) is 38.0 Å². The molecule has 0 fully saturated rings. The first-order chi connectivity index (χ1) is 7.86. The van der Waals surface area contributed by atoms with Crippen LogP contribution < -0.4 is 11.1 Å². The Hall–Kier alpha value is -1.42. The van der Waals surface area contributed by atoms with Crippen LogP contribution in [0.25, 0.3) is 0 Å². The summed E-state index contributed by atoms with van der Waals surface area (Å²) in [7, 11) is 0. The number of nitrogens with two attached hydrogens (primary N) is 1. The predicted molar refractivity (Wildman–Crippen MR) is 65.8 cm³/mol. The molecule has 0 heterocycles. The summed E-state index contributed by atoms with van der Waals surface area (Å²) in [5.74, 6) is -0.536. The number of rotatable bonds is 4. The highest BCUT2D eigenvalue weighted by Crippen LogP contribution is 2.15. The predicted octanol–water partition coefficient (Wildman–Crippen LogP) is 2.13. The van der Waals surface area contributed by atoms with Crippen LogP contribution in [-0.4, -0.2) is 11.4 Å². The summed E-state index contributed by atoms with van der Waals surface area (Å²) in [6.07, 6.45) is 0.550. The minimum absolute atomic E-state index is 0.225. The average molecular weight is 238 g/mol. The maximum atomic E-state index is 13.0. The second kappa shape index (κ2) is 5.27. The molecule has 2 atom stereocenters. The molecule has 0 bridgehead atoms. The summed E-state index contributed by atoms with van der Waals surface area (Å²) in [6.45, 7) is 5.34. The molecule has 3 nitrogen and oxygen atoms in total. The van der Waals surface area contributed by atoms with Crippen LogP contribution in [0.3, 0.4) is 0 Å². The Labute approximate surface area is 101 Å². The van der Waals surface area contributed by atoms with Crippen LogP contribution >= 0.6 is 0 Å². The van der Waals surface area contributed by atoms with Crippen LogP contribution in [0.1, 0.15) is 38.8 Å². The SMILES string of the molecule is CCC(C)(N)C(=O)N[C@@H](C)c1cccc(F)c1. The largest absolute Gasteiger partial charge is 0.348 e. The fourth-order valence-corrected chi connectivity index (χ4v) is 1.38. The molecule has 1 amide bonds. The quantitative estimate of drug-likeness (QED) is 0.844. The fourth-order valence-electron chi connectivity index (χ4n) is 1.38. The number of benzene rings is 1. The second-order valence-electron chi connectivity index (χ2n) is 4.52. The lowest BCUT2D eigenvalue weighted by Gasteiger charge is -2.24. The zero-order chi connectivity index (χ0) is 13.1. The van der Waals surface area contributed by atoms with Gasteiger partial charge in [-0.2, -0.15) is 0 Å². The second-order valence-corrected chi connectivity index (χ2v) is 4.52. The summed E-state index contributed by atoms with van der Waals surface area (Å²) in [4.78, 5) is 11.8. The third kappa shape index (κ3) is 3.53. The lowest BCUT2D eigenvalue weighted by molar-refractivity contribution is -0.126. The number of hydrogen-bond acceptors (Lipinski definition) is 2. The highest BCUT2D eigenvalue weighted by molar-refractivity contribution is 5.85. The molecule has 1 aromatic rings. The van der Waals surface area contributed by atoms with E-state index in [1.807, 2.05) is 6.92 Å². The molecule has 0 radical (unpaired) electrons. The van der Waals surface area contributed by atoms with E-state index >= 15 is 0 Å². The van der Waals surface area contributed by atoms with E-state index in [1.165, 1.54) is 12.1 Å². The lowest BCUT2D eigenvalue weighted by Crippen LogP contribution is -2.51. The Morgan fingerprint density at radius 1 is 1.59 bits per heavy atom. The van der Waals surface area contributed by atoms with Crippen LogP contribution in [0.4, 0.5) is 4.39 Å². The molecule has 1 aromatic carbocycles.